The first-order chi connectivity index (χ1) is 20.6. The molecule has 0 radical (unpaired) electrons. The van der Waals surface area contributed by atoms with Crippen LogP contribution in [0, 0.1) is 0 Å². The van der Waals surface area contributed by atoms with Crippen molar-refractivity contribution in [3.05, 3.63) is 78.4 Å². The van der Waals surface area contributed by atoms with Crippen molar-refractivity contribution in [1.82, 2.24) is 0 Å². The molecular formula is C38H52O4. The van der Waals surface area contributed by atoms with E-state index < -0.39 is 0 Å². The lowest BCUT2D eigenvalue weighted by Crippen LogP contribution is -2.15. The summed E-state index contributed by atoms with van der Waals surface area (Å²) in [7, 11) is 0. The van der Waals surface area contributed by atoms with Gasteiger partial charge in [-0.05, 0) is 85.3 Å². The van der Waals surface area contributed by atoms with Gasteiger partial charge in [-0.25, -0.2) is 4.79 Å². The fourth-order valence-corrected chi connectivity index (χ4v) is 5.06. The van der Waals surface area contributed by atoms with Crippen molar-refractivity contribution in [3.63, 3.8) is 0 Å². The van der Waals surface area contributed by atoms with Crippen molar-refractivity contribution < 1.29 is 19.0 Å². The molecule has 0 fully saturated rings. The monoisotopic (exact) mass is 572 g/mol. The van der Waals surface area contributed by atoms with Gasteiger partial charge in [-0.2, -0.15) is 0 Å². The lowest BCUT2D eigenvalue weighted by Gasteiger charge is -2.18. The zero-order valence-electron chi connectivity index (χ0n) is 26.2. The fourth-order valence-electron chi connectivity index (χ4n) is 5.06. The molecule has 3 aromatic carbocycles. The minimum atomic E-state index is -0.373. The maximum atomic E-state index is 12.7. The molecule has 4 heteroatoms. The number of esters is 1. The third kappa shape index (κ3) is 12.3. The van der Waals surface area contributed by atoms with Crippen LogP contribution in [0.15, 0.2) is 72.8 Å². The Hall–Kier alpha value is -3.27. The molecule has 3 aromatic rings. The van der Waals surface area contributed by atoms with Crippen molar-refractivity contribution in [2.45, 2.75) is 117 Å². The molecule has 0 aromatic heterocycles. The molecule has 0 saturated carbocycles. The summed E-state index contributed by atoms with van der Waals surface area (Å²) in [4.78, 5) is 12.7. The fraction of sp³-hybridized carbons (Fsp3) is 0.500. The topological polar surface area (TPSA) is 44.8 Å². The summed E-state index contributed by atoms with van der Waals surface area (Å²) in [5.74, 6) is 1.85. The summed E-state index contributed by atoms with van der Waals surface area (Å²) in [5, 5.41) is 0. The number of ether oxygens (including phenoxy) is 3. The SMILES string of the molecule is CCCCCCCCCCOc1ccc(OC(=O)c2ccc(-c3ccc(OC(CC)CCCCCC)cc3)cc2)cc1. The molecule has 3 rings (SSSR count). The molecule has 0 aliphatic heterocycles. The Balaban J connectivity index is 1.40. The predicted octanol–water partition coefficient (Wildman–Crippen LogP) is 11.2. The van der Waals surface area contributed by atoms with Gasteiger partial charge < -0.3 is 14.2 Å². The smallest absolute Gasteiger partial charge is 0.343 e. The zero-order chi connectivity index (χ0) is 29.8. The summed E-state index contributed by atoms with van der Waals surface area (Å²) in [5.41, 5.74) is 2.64. The van der Waals surface area contributed by atoms with Gasteiger partial charge in [0.15, 0.2) is 0 Å². The molecule has 228 valence electrons. The van der Waals surface area contributed by atoms with Crippen LogP contribution in [0.2, 0.25) is 0 Å². The minimum absolute atomic E-state index is 0.265. The highest BCUT2D eigenvalue weighted by Crippen LogP contribution is 2.25. The van der Waals surface area contributed by atoms with Crippen molar-refractivity contribution in [3.8, 4) is 28.4 Å². The highest BCUT2D eigenvalue weighted by atomic mass is 16.5. The first kappa shape index (κ1) is 33.2. The molecule has 42 heavy (non-hydrogen) atoms. The van der Waals surface area contributed by atoms with E-state index in [4.69, 9.17) is 14.2 Å². The minimum Gasteiger partial charge on any atom is -0.494 e. The number of rotatable bonds is 21. The molecule has 0 bridgehead atoms. The van der Waals surface area contributed by atoms with Crippen LogP contribution in [0.25, 0.3) is 11.1 Å². The van der Waals surface area contributed by atoms with E-state index in [1.807, 2.05) is 48.5 Å². The highest BCUT2D eigenvalue weighted by molar-refractivity contribution is 5.91. The molecule has 1 unspecified atom stereocenters. The Labute approximate surface area is 254 Å². The van der Waals surface area contributed by atoms with Gasteiger partial charge in [-0.1, -0.05) is 109 Å². The van der Waals surface area contributed by atoms with Crippen LogP contribution in [0.1, 0.15) is 121 Å². The van der Waals surface area contributed by atoms with Gasteiger partial charge in [-0.3, -0.25) is 0 Å². The third-order valence-electron chi connectivity index (χ3n) is 7.75. The van der Waals surface area contributed by atoms with Gasteiger partial charge >= 0.3 is 5.97 Å². The summed E-state index contributed by atoms with van der Waals surface area (Å²) >= 11 is 0. The maximum absolute atomic E-state index is 12.7. The molecule has 0 heterocycles. The van der Waals surface area contributed by atoms with Gasteiger partial charge in [0.05, 0.1) is 18.3 Å². The lowest BCUT2D eigenvalue weighted by atomic mass is 10.0. The Morgan fingerprint density at radius 1 is 0.571 bits per heavy atom. The van der Waals surface area contributed by atoms with Gasteiger partial charge in [0.25, 0.3) is 0 Å². The number of hydrogen-bond acceptors (Lipinski definition) is 4. The lowest BCUT2D eigenvalue weighted by molar-refractivity contribution is 0.0734. The van der Waals surface area contributed by atoms with Gasteiger partial charge in [0.2, 0.25) is 0 Å². The number of unbranched alkanes of at least 4 members (excludes halogenated alkanes) is 10. The van der Waals surface area contributed by atoms with Gasteiger partial charge in [0, 0.05) is 0 Å². The molecular weight excluding hydrogens is 520 g/mol. The van der Waals surface area contributed by atoms with Crippen LogP contribution in [0.3, 0.4) is 0 Å². The molecule has 0 N–H and O–H groups in total. The van der Waals surface area contributed by atoms with E-state index in [1.165, 1.54) is 70.6 Å². The number of carbonyl (C=O) groups is 1. The van der Waals surface area contributed by atoms with Crippen molar-refractivity contribution in [2.75, 3.05) is 6.61 Å². The van der Waals surface area contributed by atoms with Crippen LogP contribution in [-0.4, -0.2) is 18.7 Å². The Kier molecular flexibility index (Phi) is 15.7. The Morgan fingerprint density at radius 3 is 1.67 bits per heavy atom. The maximum Gasteiger partial charge on any atom is 0.343 e. The first-order valence-electron chi connectivity index (χ1n) is 16.4. The number of hydrogen-bond donors (Lipinski definition) is 0. The van der Waals surface area contributed by atoms with E-state index in [0.29, 0.717) is 17.9 Å². The second-order valence-corrected chi connectivity index (χ2v) is 11.3. The number of benzene rings is 3. The first-order valence-corrected chi connectivity index (χ1v) is 16.4. The van der Waals surface area contributed by atoms with E-state index in [9.17, 15) is 4.79 Å². The van der Waals surface area contributed by atoms with Gasteiger partial charge in [-0.15, -0.1) is 0 Å². The summed E-state index contributed by atoms with van der Waals surface area (Å²) in [6.07, 6.45) is 17.7. The summed E-state index contributed by atoms with van der Waals surface area (Å²) < 4.78 is 17.7. The van der Waals surface area contributed by atoms with E-state index >= 15 is 0 Å². The summed E-state index contributed by atoms with van der Waals surface area (Å²) in [6.45, 7) is 7.40. The predicted molar refractivity (Wildman–Crippen MR) is 175 cm³/mol. The molecule has 0 spiro atoms. The van der Waals surface area contributed by atoms with E-state index in [0.717, 1.165) is 41.9 Å². The second kappa shape index (κ2) is 19.8. The Morgan fingerprint density at radius 2 is 1.07 bits per heavy atom. The summed E-state index contributed by atoms with van der Waals surface area (Å²) in [6, 6.07) is 23.0. The van der Waals surface area contributed by atoms with Crippen LogP contribution >= 0.6 is 0 Å². The molecule has 0 saturated heterocycles. The molecule has 4 nitrogen and oxygen atoms in total. The van der Waals surface area contributed by atoms with Crippen LogP contribution in [0.4, 0.5) is 0 Å². The molecule has 1 atom stereocenters. The zero-order valence-corrected chi connectivity index (χ0v) is 26.2. The van der Waals surface area contributed by atoms with Crippen molar-refractivity contribution in [1.29, 1.82) is 0 Å². The van der Waals surface area contributed by atoms with Crippen molar-refractivity contribution in [2.24, 2.45) is 0 Å². The Bertz CT molecular complexity index is 1120. The molecule has 0 amide bonds. The second-order valence-electron chi connectivity index (χ2n) is 11.3. The average Bonchev–Trinajstić information content (AvgIpc) is 3.03. The normalized spacial score (nSPS) is 11.7. The van der Waals surface area contributed by atoms with Crippen LogP contribution < -0.4 is 14.2 Å². The van der Waals surface area contributed by atoms with E-state index in [2.05, 4.69) is 32.9 Å². The van der Waals surface area contributed by atoms with Crippen LogP contribution in [0.5, 0.6) is 17.2 Å². The number of carbonyl (C=O) groups excluding carboxylic acids is 1. The van der Waals surface area contributed by atoms with E-state index in [1.54, 1.807) is 12.1 Å². The quantitative estimate of drug-likeness (QED) is 0.0723. The largest absolute Gasteiger partial charge is 0.494 e. The highest BCUT2D eigenvalue weighted by Gasteiger charge is 2.11. The average molecular weight is 573 g/mol. The third-order valence-corrected chi connectivity index (χ3v) is 7.75. The van der Waals surface area contributed by atoms with Crippen molar-refractivity contribution >= 4 is 5.97 Å². The van der Waals surface area contributed by atoms with E-state index in [-0.39, 0.29) is 12.1 Å². The van der Waals surface area contributed by atoms with Crippen LogP contribution in [-0.2, 0) is 0 Å². The van der Waals surface area contributed by atoms with Gasteiger partial charge in [0.1, 0.15) is 17.2 Å². The standard InChI is InChI=1S/C38H52O4/c1-4-7-9-11-12-13-14-16-30-40-35-26-28-37(29-27-35)42-38(39)33-20-18-31(19-21-33)32-22-24-36(25-23-32)41-34(6-3)17-15-10-8-5-2/h18-29,34H,4-17,30H2,1-3H3. The molecule has 0 aliphatic carbocycles. The molecule has 0 aliphatic rings.